The van der Waals surface area contributed by atoms with Gasteiger partial charge in [0.25, 0.3) is 0 Å². The number of carbonyl (C=O) groups is 4. The van der Waals surface area contributed by atoms with Gasteiger partial charge in [0.1, 0.15) is 18.7 Å². The van der Waals surface area contributed by atoms with E-state index in [-0.39, 0.29) is 38.2 Å². The summed E-state index contributed by atoms with van der Waals surface area (Å²) in [5.41, 5.74) is 11.9. The summed E-state index contributed by atoms with van der Waals surface area (Å²) in [5, 5.41) is 16.8. The molecule has 1 rings (SSSR count). The van der Waals surface area contributed by atoms with Gasteiger partial charge in [0.2, 0.25) is 18.1 Å². The highest BCUT2D eigenvalue weighted by atomic mass is 16.5. The summed E-state index contributed by atoms with van der Waals surface area (Å²) in [7, 11) is 1.14. The van der Waals surface area contributed by atoms with Gasteiger partial charge in [-0.05, 0) is 37.7 Å². The van der Waals surface area contributed by atoms with E-state index >= 15 is 0 Å². The molecular weight excluding hydrogens is 498 g/mol. The first-order chi connectivity index (χ1) is 18.2. The van der Waals surface area contributed by atoms with Crippen molar-refractivity contribution in [1.82, 2.24) is 21.3 Å². The average molecular weight is 535 g/mol. The number of benzene rings is 1. The topological polar surface area (TPSA) is 228 Å². The number of rotatable bonds is 17. The molecule has 1 aromatic rings. The first-order valence-corrected chi connectivity index (χ1v) is 12.0. The first-order valence-electron chi connectivity index (χ1n) is 12.0. The van der Waals surface area contributed by atoms with Gasteiger partial charge < -0.3 is 42.2 Å². The number of esters is 1. The van der Waals surface area contributed by atoms with Gasteiger partial charge in [-0.2, -0.15) is 0 Å². The molecular formula is C24H36N7O7. The Hall–Kier alpha value is -4.20. The molecule has 14 heteroatoms. The van der Waals surface area contributed by atoms with E-state index < -0.39 is 48.5 Å². The highest BCUT2D eigenvalue weighted by molar-refractivity contribution is 5.90. The van der Waals surface area contributed by atoms with Crippen LogP contribution in [-0.2, 0) is 35.3 Å². The minimum absolute atomic E-state index is 0.0857. The summed E-state index contributed by atoms with van der Waals surface area (Å²) in [6.07, 6.45) is 2.13. The molecule has 1 aromatic carbocycles. The second-order valence-electron chi connectivity index (χ2n) is 8.26. The predicted octanol–water partition coefficient (Wildman–Crippen LogP) is -1.07. The third kappa shape index (κ3) is 13.8. The highest BCUT2D eigenvalue weighted by Gasteiger charge is 2.23. The maximum absolute atomic E-state index is 12.6. The molecule has 0 spiro atoms. The Balaban J connectivity index is 2.48. The molecule has 0 aromatic heterocycles. The molecule has 0 fully saturated rings. The van der Waals surface area contributed by atoms with Gasteiger partial charge in [-0.15, -0.1) is 0 Å². The lowest BCUT2D eigenvalue weighted by molar-refractivity contribution is -0.146. The summed E-state index contributed by atoms with van der Waals surface area (Å²) >= 11 is 0. The Morgan fingerprint density at radius 3 is 2.37 bits per heavy atom. The molecule has 9 N–H and O–H groups in total. The van der Waals surface area contributed by atoms with Gasteiger partial charge in [0.15, 0.2) is 5.96 Å². The van der Waals surface area contributed by atoms with Crippen molar-refractivity contribution in [3.8, 4) is 0 Å². The standard InChI is InChI=1S/C24H36N7O7/c1-37-24(36)31-19(11-5-10-18(25)22(35)38-15-16-7-3-2-4-8-16)21(34)29-13-20(33)30-17(14-32)9-6-12-28-23(26)27/h2-4,7-8,17-19H,5-6,9-13,15,25H2,1H3,(H,29,34)(H,30,33)(H,31,36)(H4,26,27,28)/t17-,18?,19-/m0/s1. The highest BCUT2D eigenvalue weighted by Crippen LogP contribution is 2.07. The van der Waals surface area contributed by atoms with E-state index in [1.807, 2.05) is 30.3 Å². The normalized spacial score (nSPS) is 12.7. The van der Waals surface area contributed by atoms with Crippen LogP contribution in [0.15, 0.2) is 30.3 Å². The van der Waals surface area contributed by atoms with Gasteiger partial charge in [-0.1, -0.05) is 30.3 Å². The van der Waals surface area contributed by atoms with Gasteiger partial charge in [0.05, 0.1) is 19.7 Å². The van der Waals surface area contributed by atoms with Gasteiger partial charge in [-0.3, -0.25) is 24.6 Å². The minimum atomic E-state index is -1.06. The van der Waals surface area contributed by atoms with E-state index in [1.54, 1.807) is 6.29 Å². The molecule has 3 atom stereocenters. The zero-order valence-corrected chi connectivity index (χ0v) is 21.3. The monoisotopic (exact) mass is 534 g/mol. The molecule has 0 saturated heterocycles. The molecule has 209 valence electrons. The molecule has 0 saturated carbocycles. The summed E-state index contributed by atoms with van der Waals surface area (Å²) in [4.78, 5) is 59.7. The molecule has 0 aliphatic heterocycles. The van der Waals surface area contributed by atoms with E-state index in [1.165, 1.54) is 0 Å². The molecule has 3 amide bonds. The summed E-state index contributed by atoms with van der Waals surface area (Å²) in [6, 6.07) is 6.22. The van der Waals surface area contributed by atoms with Crippen LogP contribution in [0.2, 0.25) is 0 Å². The molecule has 38 heavy (non-hydrogen) atoms. The van der Waals surface area contributed by atoms with Crippen molar-refractivity contribution in [2.24, 2.45) is 11.5 Å². The number of alkyl carbamates (subject to hydrolysis) is 1. The van der Waals surface area contributed by atoms with E-state index in [4.69, 9.17) is 21.6 Å². The van der Waals surface area contributed by atoms with Crippen molar-refractivity contribution in [2.75, 3.05) is 20.2 Å². The number of carbonyl (C=O) groups excluding carboxylic acids is 5. The van der Waals surface area contributed by atoms with E-state index in [0.717, 1.165) is 12.7 Å². The van der Waals surface area contributed by atoms with Crippen LogP contribution in [-0.4, -0.2) is 74.4 Å². The van der Waals surface area contributed by atoms with E-state index in [2.05, 4.69) is 26.0 Å². The van der Waals surface area contributed by atoms with Gasteiger partial charge >= 0.3 is 12.1 Å². The number of ether oxygens (including phenoxy) is 2. The summed E-state index contributed by atoms with van der Waals surface area (Å²) < 4.78 is 9.75. The maximum atomic E-state index is 12.6. The SMILES string of the molecule is COC(=O)N[C@@H](CCCC(N)C(=O)OCc1ccccc1)C(=O)NCC(=O)N[C@H]([C]=O)CCCNC(=N)N. The van der Waals surface area contributed by atoms with Gasteiger partial charge in [-0.25, -0.2) is 4.79 Å². The third-order valence-corrected chi connectivity index (χ3v) is 5.21. The fraction of sp³-hybridized carbons (Fsp3) is 0.500. The molecule has 0 aliphatic carbocycles. The van der Waals surface area contributed by atoms with Crippen LogP contribution in [0, 0.1) is 5.41 Å². The van der Waals surface area contributed by atoms with Crippen LogP contribution in [0.25, 0.3) is 0 Å². The predicted molar refractivity (Wildman–Crippen MR) is 137 cm³/mol. The van der Waals surface area contributed by atoms with Crippen LogP contribution in [0.1, 0.15) is 37.7 Å². The fourth-order valence-electron chi connectivity index (χ4n) is 3.19. The Labute approximate surface area is 221 Å². The Morgan fingerprint density at radius 2 is 1.74 bits per heavy atom. The molecule has 14 nitrogen and oxygen atoms in total. The molecule has 0 heterocycles. The van der Waals surface area contributed by atoms with Crippen molar-refractivity contribution in [3.63, 3.8) is 0 Å². The number of amides is 3. The molecule has 1 unspecified atom stereocenters. The van der Waals surface area contributed by atoms with Crippen molar-refractivity contribution in [3.05, 3.63) is 35.9 Å². The maximum Gasteiger partial charge on any atom is 0.407 e. The van der Waals surface area contributed by atoms with Gasteiger partial charge in [0, 0.05) is 6.54 Å². The lowest BCUT2D eigenvalue weighted by Gasteiger charge is -2.19. The number of methoxy groups -OCH3 is 1. The van der Waals surface area contributed by atoms with Crippen LogP contribution in [0.5, 0.6) is 0 Å². The van der Waals surface area contributed by atoms with Crippen LogP contribution in [0.3, 0.4) is 0 Å². The van der Waals surface area contributed by atoms with Crippen LogP contribution in [0.4, 0.5) is 4.79 Å². The fourth-order valence-corrected chi connectivity index (χ4v) is 3.19. The molecule has 1 radical (unpaired) electrons. The second-order valence-corrected chi connectivity index (χ2v) is 8.26. The number of guanidine groups is 1. The number of hydrogen-bond donors (Lipinski definition) is 7. The number of hydrogen-bond acceptors (Lipinski definition) is 9. The minimum Gasteiger partial charge on any atom is -0.460 e. The van der Waals surface area contributed by atoms with Crippen molar-refractivity contribution in [2.45, 2.75) is 56.8 Å². The quantitative estimate of drug-likeness (QED) is 0.0553. The number of nitrogens with one attached hydrogen (secondary N) is 5. The molecule has 0 aliphatic rings. The second kappa shape index (κ2) is 18.1. The number of nitrogens with two attached hydrogens (primary N) is 2. The Morgan fingerprint density at radius 1 is 1.03 bits per heavy atom. The molecule has 0 bridgehead atoms. The zero-order valence-electron chi connectivity index (χ0n) is 21.3. The van der Waals surface area contributed by atoms with Crippen molar-refractivity contribution in [1.29, 1.82) is 5.41 Å². The third-order valence-electron chi connectivity index (χ3n) is 5.21. The Bertz CT molecular complexity index is 930. The lowest BCUT2D eigenvalue weighted by Crippen LogP contribution is -2.50. The van der Waals surface area contributed by atoms with Crippen LogP contribution < -0.4 is 32.7 Å². The summed E-state index contributed by atoms with van der Waals surface area (Å²) in [6.45, 7) is -0.0226. The first kappa shape index (κ1) is 31.8. The van der Waals surface area contributed by atoms with Crippen molar-refractivity contribution < 1.29 is 33.4 Å². The smallest absolute Gasteiger partial charge is 0.407 e. The van der Waals surface area contributed by atoms with E-state index in [0.29, 0.717) is 13.0 Å². The van der Waals surface area contributed by atoms with Crippen LogP contribution >= 0.6 is 0 Å². The zero-order chi connectivity index (χ0) is 28.3. The summed E-state index contributed by atoms with van der Waals surface area (Å²) in [5.74, 6) is -2.09. The lowest BCUT2D eigenvalue weighted by atomic mass is 10.1. The van der Waals surface area contributed by atoms with Crippen molar-refractivity contribution >= 4 is 36.1 Å². The average Bonchev–Trinajstić information content (AvgIpc) is 2.91. The largest absolute Gasteiger partial charge is 0.460 e. The Kier molecular flexibility index (Phi) is 15.2. The van der Waals surface area contributed by atoms with E-state index in [9.17, 15) is 24.0 Å².